The molecule has 144 valence electrons. The van der Waals surface area contributed by atoms with Crippen molar-refractivity contribution in [2.45, 2.75) is 19.5 Å². The molecule has 6 heteroatoms. The number of H-pyrrole nitrogens is 1. The Labute approximate surface area is 168 Å². The Morgan fingerprint density at radius 1 is 0.931 bits per heavy atom. The summed E-state index contributed by atoms with van der Waals surface area (Å²) in [7, 11) is 0. The molecule has 0 radical (unpaired) electrons. The van der Waals surface area contributed by atoms with E-state index in [1.165, 1.54) is 10.9 Å². The molecule has 0 saturated carbocycles. The highest BCUT2D eigenvalue weighted by Crippen LogP contribution is 2.24. The van der Waals surface area contributed by atoms with Crippen LogP contribution < -0.4 is 16.0 Å². The van der Waals surface area contributed by atoms with Crippen molar-refractivity contribution >= 4 is 34.0 Å². The third-order valence-corrected chi connectivity index (χ3v) is 5.14. The number of amides is 1. The van der Waals surface area contributed by atoms with Gasteiger partial charge >= 0.3 is 0 Å². The number of fused-ring (bicyclic) bond motifs is 2. The monoisotopic (exact) mass is 383 g/mol. The van der Waals surface area contributed by atoms with Crippen LogP contribution in [0.25, 0.3) is 10.9 Å². The maximum Gasteiger partial charge on any atom is 0.228 e. The molecule has 2 aromatic carbocycles. The van der Waals surface area contributed by atoms with E-state index in [-0.39, 0.29) is 5.91 Å². The minimum Gasteiger partial charge on any atom is -0.381 e. The van der Waals surface area contributed by atoms with Crippen LogP contribution in [0.4, 0.5) is 17.2 Å². The maximum absolute atomic E-state index is 11.5. The Bertz CT molecular complexity index is 1200. The zero-order chi connectivity index (χ0) is 19.6. The summed E-state index contributed by atoms with van der Waals surface area (Å²) in [6.07, 6.45) is 4.21. The molecule has 29 heavy (non-hydrogen) atoms. The molecular formula is C23H21N5O. The van der Waals surface area contributed by atoms with Gasteiger partial charge in [0, 0.05) is 48.4 Å². The molecule has 4 aromatic rings. The first-order valence-electron chi connectivity index (χ1n) is 9.64. The molecule has 6 nitrogen and oxygen atoms in total. The van der Waals surface area contributed by atoms with E-state index < -0.39 is 0 Å². The van der Waals surface area contributed by atoms with Gasteiger partial charge in [-0.15, -0.1) is 0 Å². The SMILES string of the molecule is O=C1Cc2cc(CNc3ccnc(NCc4ccc5[nH]ccc5c4)c3)ccc2N1. The lowest BCUT2D eigenvalue weighted by atomic mass is 10.1. The number of anilines is 3. The molecular weight excluding hydrogens is 362 g/mol. The van der Waals surface area contributed by atoms with Crippen LogP contribution >= 0.6 is 0 Å². The van der Waals surface area contributed by atoms with Gasteiger partial charge in [-0.05, 0) is 52.4 Å². The van der Waals surface area contributed by atoms with E-state index in [1.807, 2.05) is 30.5 Å². The molecule has 1 aliphatic rings. The number of pyridine rings is 1. The predicted molar refractivity (Wildman–Crippen MR) is 116 cm³/mol. The predicted octanol–water partition coefficient (Wildman–Crippen LogP) is 4.28. The van der Waals surface area contributed by atoms with E-state index in [4.69, 9.17) is 0 Å². The molecule has 0 atom stereocenters. The minimum atomic E-state index is 0.0608. The molecule has 0 bridgehead atoms. The fraction of sp³-hybridized carbons (Fsp3) is 0.130. The molecule has 0 fully saturated rings. The molecule has 0 saturated heterocycles. The van der Waals surface area contributed by atoms with E-state index in [9.17, 15) is 4.79 Å². The Kier molecular flexibility index (Phi) is 4.37. The summed E-state index contributed by atoms with van der Waals surface area (Å²) in [6.45, 7) is 1.40. The molecule has 4 N–H and O–H groups in total. The summed E-state index contributed by atoms with van der Waals surface area (Å²) in [4.78, 5) is 19.1. The van der Waals surface area contributed by atoms with Crippen molar-refractivity contribution < 1.29 is 4.79 Å². The lowest BCUT2D eigenvalue weighted by Crippen LogP contribution is -2.04. The van der Waals surface area contributed by atoms with Crippen LogP contribution in [0.3, 0.4) is 0 Å². The van der Waals surface area contributed by atoms with Gasteiger partial charge in [0.15, 0.2) is 0 Å². The molecule has 1 amide bonds. The molecule has 0 aliphatic carbocycles. The van der Waals surface area contributed by atoms with Crippen LogP contribution in [0.1, 0.15) is 16.7 Å². The van der Waals surface area contributed by atoms with E-state index in [0.29, 0.717) is 19.5 Å². The Morgan fingerprint density at radius 3 is 2.76 bits per heavy atom. The van der Waals surface area contributed by atoms with E-state index in [2.05, 4.69) is 56.3 Å². The first-order valence-corrected chi connectivity index (χ1v) is 9.64. The van der Waals surface area contributed by atoms with Gasteiger partial charge in [0.25, 0.3) is 0 Å². The second-order valence-electron chi connectivity index (χ2n) is 7.25. The highest BCUT2D eigenvalue weighted by Gasteiger charge is 2.17. The number of hydrogen-bond acceptors (Lipinski definition) is 4. The third-order valence-electron chi connectivity index (χ3n) is 5.14. The van der Waals surface area contributed by atoms with Crippen molar-refractivity contribution in [3.63, 3.8) is 0 Å². The highest BCUT2D eigenvalue weighted by atomic mass is 16.1. The van der Waals surface area contributed by atoms with Crippen LogP contribution in [0.5, 0.6) is 0 Å². The minimum absolute atomic E-state index is 0.0608. The highest BCUT2D eigenvalue weighted by molar-refractivity contribution is 5.99. The van der Waals surface area contributed by atoms with Crippen molar-refractivity contribution in [2.75, 3.05) is 16.0 Å². The van der Waals surface area contributed by atoms with Crippen LogP contribution in [0, 0.1) is 0 Å². The second kappa shape index (κ2) is 7.31. The van der Waals surface area contributed by atoms with Gasteiger partial charge in [-0.3, -0.25) is 4.79 Å². The molecule has 2 aromatic heterocycles. The maximum atomic E-state index is 11.5. The van der Waals surface area contributed by atoms with Crippen molar-refractivity contribution in [1.29, 1.82) is 0 Å². The standard InChI is InChI=1S/C23H21N5O/c29-23-11-18-10-16(2-4-21(18)28-23)13-26-19-6-8-25-22(12-19)27-14-15-1-3-20-17(9-15)5-7-24-20/h1-10,12,24H,11,13-14H2,(H,28,29)(H2,25,26,27). The van der Waals surface area contributed by atoms with Crippen molar-refractivity contribution in [3.05, 3.63) is 83.7 Å². The van der Waals surface area contributed by atoms with E-state index >= 15 is 0 Å². The van der Waals surface area contributed by atoms with Gasteiger partial charge in [0.05, 0.1) is 6.42 Å². The molecule has 0 spiro atoms. The largest absolute Gasteiger partial charge is 0.381 e. The fourth-order valence-electron chi connectivity index (χ4n) is 3.64. The van der Waals surface area contributed by atoms with Gasteiger partial charge in [-0.25, -0.2) is 4.98 Å². The van der Waals surface area contributed by atoms with Gasteiger partial charge in [-0.2, -0.15) is 0 Å². The summed E-state index contributed by atoms with van der Waals surface area (Å²) in [5, 5.41) is 10.9. The molecule has 1 aliphatic heterocycles. The number of aromatic nitrogens is 2. The van der Waals surface area contributed by atoms with E-state index in [1.54, 1.807) is 6.20 Å². The van der Waals surface area contributed by atoms with Gasteiger partial charge in [0.1, 0.15) is 5.82 Å². The smallest absolute Gasteiger partial charge is 0.228 e. The zero-order valence-corrected chi connectivity index (χ0v) is 15.8. The van der Waals surface area contributed by atoms with Crippen LogP contribution in [0.15, 0.2) is 67.0 Å². The number of hydrogen-bond donors (Lipinski definition) is 4. The van der Waals surface area contributed by atoms with Crippen LogP contribution in [-0.4, -0.2) is 15.9 Å². The quantitative estimate of drug-likeness (QED) is 0.401. The van der Waals surface area contributed by atoms with Crippen molar-refractivity contribution in [2.24, 2.45) is 0 Å². The first-order chi connectivity index (χ1) is 14.2. The number of benzene rings is 2. The number of carbonyl (C=O) groups is 1. The van der Waals surface area contributed by atoms with Gasteiger partial charge < -0.3 is 20.9 Å². The topological polar surface area (TPSA) is 81.8 Å². The number of aromatic amines is 1. The van der Waals surface area contributed by atoms with Crippen LogP contribution in [0.2, 0.25) is 0 Å². The summed E-state index contributed by atoms with van der Waals surface area (Å²) in [5.41, 5.74) is 6.48. The average Bonchev–Trinajstić information content (AvgIpc) is 3.35. The van der Waals surface area contributed by atoms with Gasteiger partial charge in [0.2, 0.25) is 5.91 Å². The Balaban J connectivity index is 1.22. The second-order valence-corrected chi connectivity index (χ2v) is 7.25. The Morgan fingerprint density at radius 2 is 1.79 bits per heavy atom. The summed E-state index contributed by atoms with van der Waals surface area (Å²) in [6, 6.07) is 18.5. The summed E-state index contributed by atoms with van der Waals surface area (Å²) >= 11 is 0. The Hall–Kier alpha value is -3.80. The van der Waals surface area contributed by atoms with Crippen molar-refractivity contribution in [3.8, 4) is 0 Å². The first kappa shape index (κ1) is 17.3. The van der Waals surface area contributed by atoms with E-state index in [0.717, 1.165) is 33.8 Å². The molecule has 3 heterocycles. The summed E-state index contributed by atoms with van der Waals surface area (Å²) in [5.74, 6) is 0.888. The molecule has 0 unspecified atom stereocenters. The number of carbonyl (C=O) groups excluding carboxylic acids is 1. The third kappa shape index (κ3) is 3.78. The fourth-order valence-corrected chi connectivity index (χ4v) is 3.64. The molecule has 5 rings (SSSR count). The zero-order valence-electron chi connectivity index (χ0n) is 15.8. The van der Waals surface area contributed by atoms with Gasteiger partial charge in [-0.1, -0.05) is 18.2 Å². The average molecular weight is 383 g/mol. The van der Waals surface area contributed by atoms with Crippen LogP contribution in [-0.2, 0) is 24.3 Å². The van der Waals surface area contributed by atoms with Crippen molar-refractivity contribution in [1.82, 2.24) is 9.97 Å². The summed E-state index contributed by atoms with van der Waals surface area (Å²) < 4.78 is 0. The normalized spacial score (nSPS) is 12.6. The lowest BCUT2D eigenvalue weighted by Gasteiger charge is -2.10. The number of rotatable bonds is 6. The number of nitrogens with zero attached hydrogens (tertiary/aromatic N) is 1. The lowest BCUT2D eigenvalue weighted by molar-refractivity contribution is -0.115. The number of nitrogens with one attached hydrogen (secondary N) is 4.